The molecule has 1 saturated heterocycles. The molecule has 0 radical (unpaired) electrons. The number of aromatic hydroxyl groups is 1. The van der Waals surface area contributed by atoms with Gasteiger partial charge in [0.2, 0.25) is 0 Å². The summed E-state index contributed by atoms with van der Waals surface area (Å²) in [5, 5.41) is 10.2. The molecule has 1 amide bonds. The number of amides is 1. The molecule has 186 valence electrons. The molecule has 0 aromatic heterocycles. The van der Waals surface area contributed by atoms with E-state index in [1.807, 2.05) is 42.5 Å². The number of ether oxygens (including phenoxy) is 1. The van der Waals surface area contributed by atoms with Crippen LogP contribution in [0.5, 0.6) is 11.5 Å². The Morgan fingerprint density at radius 3 is 2.44 bits per heavy atom. The average Bonchev–Trinajstić information content (AvgIpc) is 3.44. The first-order valence-electron chi connectivity index (χ1n) is 13.3. The number of rotatable bonds is 7. The van der Waals surface area contributed by atoms with Gasteiger partial charge in [-0.3, -0.25) is 9.69 Å². The van der Waals surface area contributed by atoms with Crippen molar-refractivity contribution in [2.45, 2.75) is 50.1 Å². The van der Waals surface area contributed by atoms with Gasteiger partial charge in [-0.05, 0) is 105 Å². The lowest BCUT2D eigenvalue weighted by Crippen LogP contribution is -2.49. The molecule has 0 bridgehead atoms. The molecule has 36 heavy (non-hydrogen) atoms. The van der Waals surface area contributed by atoms with E-state index in [-0.39, 0.29) is 17.5 Å². The molecular formula is C31H34N2O3. The van der Waals surface area contributed by atoms with Crippen LogP contribution >= 0.6 is 0 Å². The van der Waals surface area contributed by atoms with E-state index < -0.39 is 0 Å². The molecule has 1 aliphatic carbocycles. The number of carbonyl (C=O) groups excluding carboxylic acids is 1. The van der Waals surface area contributed by atoms with Crippen LogP contribution in [0.1, 0.15) is 58.8 Å². The molecule has 3 aliphatic rings. The number of likely N-dealkylation sites (tertiary alicyclic amines) is 1. The number of nitrogens with zero attached hydrogens (tertiary/aromatic N) is 2. The summed E-state index contributed by atoms with van der Waals surface area (Å²) in [7, 11) is 0. The minimum Gasteiger partial charge on any atom is -0.508 e. The summed E-state index contributed by atoms with van der Waals surface area (Å²) in [5.41, 5.74) is 4.06. The maximum absolute atomic E-state index is 13.9. The first-order valence-corrected chi connectivity index (χ1v) is 13.3. The highest BCUT2D eigenvalue weighted by Gasteiger charge is 2.55. The first kappa shape index (κ1) is 23.1. The fourth-order valence-electron chi connectivity index (χ4n) is 6.06. The Balaban J connectivity index is 1.25. The number of benzene rings is 3. The lowest BCUT2D eigenvalue weighted by Gasteiger charge is -2.44. The second kappa shape index (κ2) is 9.62. The molecule has 1 atom stereocenters. The van der Waals surface area contributed by atoms with Crippen molar-refractivity contribution in [3.05, 3.63) is 95.1 Å². The summed E-state index contributed by atoms with van der Waals surface area (Å²) in [5.74, 6) is 1.28. The van der Waals surface area contributed by atoms with E-state index in [9.17, 15) is 9.90 Å². The third kappa shape index (κ3) is 4.60. The average molecular weight is 483 g/mol. The van der Waals surface area contributed by atoms with E-state index in [1.165, 1.54) is 31.5 Å². The monoisotopic (exact) mass is 482 g/mol. The molecule has 2 aliphatic heterocycles. The Bertz CT molecular complexity index is 1210. The number of phenols is 1. The molecular weight excluding hydrogens is 448 g/mol. The van der Waals surface area contributed by atoms with Crippen molar-refractivity contribution >= 4 is 5.91 Å². The summed E-state index contributed by atoms with van der Waals surface area (Å²) in [6.07, 6.45) is 6.12. The van der Waals surface area contributed by atoms with Crippen molar-refractivity contribution < 1.29 is 14.6 Å². The zero-order valence-electron chi connectivity index (χ0n) is 20.7. The molecule has 2 heterocycles. The highest BCUT2D eigenvalue weighted by Crippen LogP contribution is 2.54. The maximum Gasteiger partial charge on any atom is 0.254 e. The van der Waals surface area contributed by atoms with Crippen LogP contribution in [-0.2, 0) is 12.8 Å². The van der Waals surface area contributed by atoms with Crippen LogP contribution in [0.15, 0.2) is 72.8 Å². The Labute approximate surface area is 213 Å². The second-order valence-electron chi connectivity index (χ2n) is 10.6. The lowest BCUT2D eigenvalue weighted by molar-refractivity contribution is 0.0486. The van der Waals surface area contributed by atoms with Gasteiger partial charge in [-0.2, -0.15) is 0 Å². The van der Waals surface area contributed by atoms with Gasteiger partial charge in [-0.25, -0.2) is 0 Å². The highest BCUT2D eigenvalue weighted by molar-refractivity contribution is 5.95. The molecule has 1 N–H and O–H groups in total. The molecule has 1 saturated carbocycles. The molecule has 3 aromatic rings. The van der Waals surface area contributed by atoms with Gasteiger partial charge in [0, 0.05) is 17.6 Å². The normalized spacial score (nSPS) is 20.3. The molecule has 6 rings (SSSR count). The number of hydrogen-bond donors (Lipinski definition) is 1. The Kier molecular flexibility index (Phi) is 6.18. The molecule has 1 spiro atoms. The van der Waals surface area contributed by atoms with E-state index in [0.29, 0.717) is 12.4 Å². The van der Waals surface area contributed by atoms with Crippen LogP contribution < -0.4 is 4.74 Å². The van der Waals surface area contributed by atoms with Gasteiger partial charge in [-0.1, -0.05) is 36.4 Å². The van der Waals surface area contributed by atoms with Crippen LogP contribution in [0.25, 0.3) is 0 Å². The van der Waals surface area contributed by atoms with Crippen LogP contribution in [0.2, 0.25) is 0 Å². The van der Waals surface area contributed by atoms with Crippen molar-refractivity contribution in [2.24, 2.45) is 0 Å². The first-order chi connectivity index (χ1) is 17.6. The Morgan fingerprint density at radius 1 is 0.972 bits per heavy atom. The smallest absolute Gasteiger partial charge is 0.254 e. The maximum atomic E-state index is 13.9. The van der Waals surface area contributed by atoms with E-state index >= 15 is 0 Å². The molecule has 2 fully saturated rings. The number of fused-ring (bicyclic) bond motifs is 1. The van der Waals surface area contributed by atoms with Gasteiger partial charge in [0.15, 0.2) is 0 Å². The van der Waals surface area contributed by atoms with E-state index in [2.05, 4.69) is 34.1 Å². The quantitative estimate of drug-likeness (QED) is 0.491. The fraction of sp³-hybridized carbons (Fsp3) is 0.387. The summed E-state index contributed by atoms with van der Waals surface area (Å²) in [6.45, 7) is 4.05. The van der Waals surface area contributed by atoms with Crippen molar-refractivity contribution in [2.75, 3.05) is 26.2 Å². The van der Waals surface area contributed by atoms with Gasteiger partial charge in [-0.15, -0.1) is 0 Å². The lowest BCUT2D eigenvalue weighted by atomic mass is 9.83. The van der Waals surface area contributed by atoms with Crippen LogP contribution in [0.4, 0.5) is 0 Å². The molecule has 5 nitrogen and oxygen atoms in total. The van der Waals surface area contributed by atoms with Crippen LogP contribution in [-0.4, -0.2) is 52.6 Å². The highest BCUT2D eigenvalue weighted by atomic mass is 16.5. The molecule has 1 unspecified atom stereocenters. The van der Waals surface area contributed by atoms with Crippen LogP contribution in [0, 0.1) is 0 Å². The van der Waals surface area contributed by atoms with Gasteiger partial charge < -0.3 is 14.7 Å². The van der Waals surface area contributed by atoms with Gasteiger partial charge in [0.05, 0.1) is 6.04 Å². The second-order valence-corrected chi connectivity index (χ2v) is 10.6. The van der Waals surface area contributed by atoms with Crippen molar-refractivity contribution in [1.82, 2.24) is 9.80 Å². The fourth-order valence-corrected chi connectivity index (χ4v) is 6.06. The minimum atomic E-state index is -0.156. The predicted octanol–water partition coefficient (Wildman–Crippen LogP) is 5.38. The van der Waals surface area contributed by atoms with Gasteiger partial charge in [0.1, 0.15) is 18.1 Å². The zero-order chi connectivity index (χ0) is 24.5. The SMILES string of the molecule is O=C(c1ccccc1)N1C(Cc2ccc(OCCN3CCCC3)cc2)c2ccc(O)cc2CC12CC2. The van der Waals surface area contributed by atoms with Gasteiger partial charge in [0.25, 0.3) is 5.91 Å². The Hall–Kier alpha value is -3.31. The topological polar surface area (TPSA) is 53.0 Å². The van der Waals surface area contributed by atoms with Gasteiger partial charge >= 0.3 is 0 Å². The largest absolute Gasteiger partial charge is 0.508 e. The number of hydrogen-bond acceptors (Lipinski definition) is 4. The third-order valence-corrected chi connectivity index (χ3v) is 8.12. The van der Waals surface area contributed by atoms with Crippen molar-refractivity contribution in [1.29, 1.82) is 0 Å². The van der Waals surface area contributed by atoms with E-state index in [4.69, 9.17) is 4.74 Å². The predicted molar refractivity (Wildman–Crippen MR) is 140 cm³/mol. The molecule has 3 aromatic carbocycles. The zero-order valence-corrected chi connectivity index (χ0v) is 20.7. The van der Waals surface area contributed by atoms with E-state index in [1.54, 1.807) is 6.07 Å². The number of phenolic OH excluding ortho intramolecular Hbond substituents is 1. The van der Waals surface area contributed by atoms with E-state index in [0.717, 1.165) is 54.7 Å². The minimum absolute atomic E-state index is 0.0773. The summed E-state index contributed by atoms with van der Waals surface area (Å²) in [4.78, 5) is 18.5. The summed E-state index contributed by atoms with van der Waals surface area (Å²) >= 11 is 0. The van der Waals surface area contributed by atoms with Crippen molar-refractivity contribution in [3.8, 4) is 11.5 Å². The number of carbonyl (C=O) groups is 1. The Morgan fingerprint density at radius 2 is 1.72 bits per heavy atom. The third-order valence-electron chi connectivity index (χ3n) is 8.12. The summed E-state index contributed by atoms with van der Waals surface area (Å²) in [6, 6.07) is 23.6. The van der Waals surface area contributed by atoms with Crippen LogP contribution in [0.3, 0.4) is 0 Å². The summed E-state index contributed by atoms with van der Waals surface area (Å²) < 4.78 is 6.01. The standard InChI is InChI=1S/C31H34N2O3/c34-26-10-13-28-25(21-26)22-31(14-15-31)33(30(35)24-6-2-1-3-7-24)29(28)20-23-8-11-27(12-9-23)36-19-18-32-16-4-5-17-32/h1-3,6-13,21,29,34H,4-5,14-20,22H2. The molecule has 5 heteroatoms. The van der Waals surface area contributed by atoms with Crippen molar-refractivity contribution in [3.63, 3.8) is 0 Å².